The maximum Gasteiger partial charge on any atom is 0.417 e. The molecule has 272 valence electrons. The number of carbonyl (C=O) groups excluding carboxylic acids is 4. The average molecular weight is 731 g/mol. The maximum absolute atomic E-state index is 14.4. The minimum atomic E-state index is -1.55. The number of nitrogens with one attached hydrogen (secondary N) is 4. The lowest BCUT2D eigenvalue weighted by molar-refractivity contribution is -0.133. The third-order valence-corrected chi connectivity index (χ3v) is 11.3. The van der Waals surface area contributed by atoms with Gasteiger partial charge in [0.2, 0.25) is 11.8 Å². The van der Waals surface area contributed by atoms with Crippen LogP contribution in [0.2, 0.25) is 5.02 Å². The highest BCUT2D eigenvalue weighted by atomic mass is 35.5. The average Bonchev–Trinajstić information content (AvgIpc) is 3.82. The van der Waals surface area contributed by atoms with Crippen molar-refractivity contribution < 1.29 is 33.4 Å². The second kappa shape index (κ2) is 17.2. The Balaban J connectivity index is 1.32. The van der Waals surface area contributed by atoms with Crippen molar-refractivity contribution in [2.24, 2.45) is 11.8 Å². The molecule has 5 atom stereocenters. The summed E-state index contributed by atoms with van der Waals surface area (Å²) in [7, 11) is 0. The third kappa shape index (κ3) is 10.4. The van der Waals surface area contributed by atoms with Gasteiger partial charge in [0.15, 0.2) is 6.10 Å². The number of ether oxygens (including phenoxy) is 1. The standard InChI is InChI=1S/C37H48ClFN4O6S/c1-37(2,25-11-7-12-26(38)21-25)32(23-10-6-13-27(39)19-23)49-36(48)43-50-30(18-22-8-4-3-5-9-22)34(46)42-29(20-24-16-17-40-33(24)45)31(44)35(47)41-28-14-15-28/h6-7,10-13,19,21-22,24,28-32,44H,3-5,8-9,14-18,20H2,1-2H3,(H,40,45)(H,41,47)(H,42,46)(H,43,48)/t24-,29-,30-,31?,32-/m0/s1. The molecule has 4 amide bonds. The summed E-state index contributed by atoms with van der Waals surface area (Å²) in [4.78, 5) is 52.9. The zero-order valence-electron chi connectivity index (χ0n) is 28.6. The van der Waals surface area contributed by atoms with E-state index in [2.05, 4.69) is 20.7 Å². The number of halogens is 2. The van der Waals surface area contributed by atoms with E-state index in [-0.39, 0.29) is 24.3 Å². The molecule has 10 nitrogen and oxygen atoms in total. The molecule has 1 heterocycles. The lowest BCUT2D eigenvalue weighted by atomic mass is 9.76. The predicted molar refractivity (Wildman–Crippen MR) is 191 cm³/mol. The van der Waals surface area contributed by atoms with Crippen molar-refractivity contribution in [3.05, 3.63) is 70.5 Å². The van der Waals surface area contributed by atoms with Crippen LogP contribution in [0.3, 0.4) is 0 Å². The second-order valence-electron chi connectivity index (χ2n) is 14.4. The van der Waals surface area contributed by atoms with Crippen molar-refractivity contribution in [1.82, 2.24) is 20.7 Å². The molecule has 0 bridgehead atoms. The summed E-state index contributed by atoms with van der Waals surface area (Å²) in [6.07, 6.45) is 4.58. The molecular weight excluding hydrogens is 683 g/mol. The highest BCUT2D eigenvalue weighted by Crippen LogP contribution is 2.41. The van der Waals surface area contributed by atoms with Crippen LogP contribution in [-0.4, -0.2) is 58.9 Å². The molecular formula is C37H48ClFN4O6S. The number of aliphatic hydroxyl groups is 1. The fourth-order valence-corrected chi connectivity index (χ4v) is 7.96. The zero-order chi connectivity index (χ0) is 35.8. The van der Waals surface area contributed by atoms with Crippen LogP contribution in [0.5, 0.6) is 0 Å². The van der Waals surface area contributed by atoms with Gasteiger partial charge in [-0.3, -0.25) is 19.1 Å². The smallest absolute Gasteiger partial charge is 0.417 e. The van der Waals surface area contributed by atoms with Crippen LogP contribution in [-0.2, 0) is 24.5 Å². The molecule has 3 aliphatic rings. The summed E-state index contributed by atoms with van der Waals surface area (Å²) in [5, 5.41) is 19.3. The first-order valence-corrected chi connectivity index (χ1v) is 18.9. The molecule has 0 radical (unpaired) electrons. The van der Waals surface area contributed by atoms with E-state index in [0.29, 0.717) is 30.0 Å². The van der Waals surface area contributed by atoms with Crippen LogP contribution < -0.4 is 20.7 Å². The number of hydrogen-bond acceptors (Lipinski definition) is 7. The number of benzene rings is 2. The maximum atomic E-state index is 14.4. The summed E-state index contributed by atoms with van der Waals surface area (Å²) in [5.41, 5.74) is 0.390. The van der Waals surface area contributed by atoms with Crippen LogP contribution >= 0.6 is 23.5 Å². The molecule has 5 N–H and O–H groups in total. The Morgan fingerprint density at radius 1 is 1.02 bits per heavy atom. The molecule has 2 aliphatic carbocycles. The van der Waals surface area contributed by atoms with Gasteiger partial charge in [-0.05, 0) is 85.4 Å². The summed E-state index contributed by atoms with van der Waals surface area (Å²) in [5.74, 6) is -1.90. The van der Waals surface area contributed by atoms with Crippen LogP contribution in [0.1, 0.15) is 95.3 Å². The highest BCUT2D eigenvalue weighted by Gasteiger charge is 2.39. The Morgan fingerprint density at radius 2 is 1.76 bits per heavy atom. The van der Waals surface area contributed by atoms with E-state index in [9.17, 15) is 28.7 Å². The van der Waals surface area contributed by atoms with E-state index in [1.807, 2.05) is 19.9 Å². The number of hydrogen-bond donors (Lipinski definition) is 5. The lowest BCUT2D eigenvalue weighted by Gasteiger charge is -2.35. The van der Waals surface area contributed by atoms with Gasteiger partial charge in [0.25, 0.3) is 5.91 Å². The largest absolute Gasteiger partial charge is 0.440 e. The predicted octanol–water partition coefficient (Wildman–Crippen LogP) is 5.86. The quantitative estimate of drug-likeness (QED) is 0.144. The van der Waals surface area contributed by atoms with Gasteiger partial charge in [0.05, 0.1) is 6.04 Å². The summed E-state index contributed by atoms with van der Waals surface area (Å²) in [6, 6.07) is 12.1. The first-order valence-electron chi connectivity index (χ1n) is 17.6. The topological polar surface area (TPSA) is 146 Å². The SMILES string of the molecule is CC(C)(c1cccc(Cl)c1)[C@@H](OC(=O)NS[C@@H](CC1CCCCC1)C(=O)N[C@@H](C[C@@H]1CCNC1=O)C(O)C(=O)NC1CC1)c1cccc(F)c1. The van der Waals surface area contributed by atoms with Gasteiger partial charge in [0, 0.05) is 28.9 Å². The van der Waals surface area contributed by atoms with E-state index < -0.39 is 58.6 Å². The summed E-state index contributed by atoms with van der Waals surface area (Å²) >= 11 is 7.21. The van der Waals surface area contributed by atoms with E-state index in [1.54, 1.807) is 30.3 Å². The molecule has 0 aromatic heterocycles. The van der Waals surface area contributed by atoms with Crippen molar-refractivity contribution >= 4 is 47.4 Å². The van der Waals surface area contributed by atoms with E-state index in [4.69, 9.17) is 16.3 Å². The van der Waals surface area contributed by atoms with Gasteiger partial charge in [-0.2, -0.15) is 0 Å². The molecule has 5 rings (SSSR count). The van der Waals surface area contributed by atoms with E-state index in [0.717, 1.165) is 62.5 Å². The van der Waals surface area contributed by atoms with Crippen LogP contribution in [0, 0.1) is 17.7 Å². The molecule has 0 spiro atoms. The zero-order valence-corrected chi connectivity index (χ0v) is 30.2. The molecule has 50 heavy (non-hydrogen) atoms. The van der Waals surface area contributed by atoms with Crippen molar-refractivity contribution in [2.75, 3.05) is 6.54 Å². The molecule has 1 saturated heterocycles. The minimum Gasteiger partial charge on any atom is -0.440 e. The molecule has 13 heteroatoms. The summed E-state index contributed by atoms with van der Waals surface area (Å²) < 4.78 is 23.1. The summed E-state index contributed by atoms with van der Waals surface area (Å²) in [6.45, 7) is 4.25. The van der Waals surface area contributed by atoms with Crippen LogP contribution in [0.15, 0.2) is 48.5 Å². The van der Waals surface area contributed by atoms with Crippen molar-refractivity contribution in [3.63, 3.8) is 0 Å². The Kier molecular flexibility index (Phi) is 13.1. The van der Waals surface area contributed by atoms with Gasteiger partial charge >= 0.3 is 6.09 Å². The number of carbonyl (C=O) groups is 4. The van der Waals surface area contributed by atoms with Gasteiger partial charge < -0.3 is 25.8 Å². The number of rotatable bonds is 15. The van der Waals surface area contributed by atoms with Crippen molar-refractivity contribution in [2.45, 2.75) is 113 Å². The highest BCUT2D eigenvalue weighted by molar-refractivity contribution is 7.99. The Labute approximate surface area is 302 Å². The van der Waals surface area contributed by atoms with Crippen molar-refractivity contribution in [3.8, 4) is 0 Å². The van der Waals surface area contributed by atoms with Crippen LogP contribution in [0.4, 0.5) is 9.18 Å². The Morgan fingerprint density at radius 3 is 2.42 bits per heavy atom. The van der Waals surface area contributed by atoms with E-state index >= 15 is 0 Å². The van der Waals surface area contributed by atoms with Gasteiger partial charge in [-0.25, -0.2) is 9.18 Å². The van der Waals surface area contributed by atoms with Gasteiger partial charge in [-0.1, -0.05) is 81.8 Å². The van der Waals surface area contributed by atoms with Gasteiger partial charge in [-0.15, -0.1) is 0 Å². The van der Waals surface area contributed by atoms with Gasteiger partial charge in [0.1, 0.15) is 17.2 Å². The molecule has 1 unspecified atom stereocenters. The number of amides is 4. The lowest BCUT2D eigenvalue weighted by Crippen LogP contribution is -2.54. The first kappa shape index (κ1) is 37.9. The fourth-order valence-electron chi connectivity index (χ4n) is 6.94. The molecule has 2 saturated carbocycles. The molecule has 1 aliphatic heterocycles. The molecule has 2 aromatic carbocycles. The Bertz CT molecular complexity index is 1520. The first-order chi connectivity index (χ1) is 23.9. The Hall–Kier alpha value is -3.35. The van der Waals surface area contributed by atoms with Crippen LogP contribution in [0.25, 0.3) is 0 Å². The monoisotopic (exact) mass is 730 g/mol. The fraction of sp³-hybridized carbons (Fsp3) is 0.568. The molecule has 3 fully saturated rings. The molecule has 2 aromatic rings. The third-order valence-electron chi connectivity index (χ3n) is 10.1. The van der Waals surface area contributed by atoms with Crippen molar-refractivity contribution in [1.29, 1.82) is 0 Å². The van der Waals surface area contributed by atoms with E-state index in [1.165, 1.54) is 12.1 Å². The second-order valence-corrected chi connectivity index (χ2v) is 15.8. The minimum absolute atomic E-state index is 0.00755. The number of aliphatic hydroxyl groups excluding tert-OH is 1. The normalized spacial score (nSPS) is 20.6.